The van der Waals surface area contributed by atoms with Gasteiger partial charge in [0, 0.05) is 11.9 Å². The summed E-state index contributed by atoms with van der Waals surface area (Å²) in [6, 6.07) is 9.94. The fourth-order valence-corrected chi connectivity index (χ4v) is 3.21. The number of carboxylic acids is 1. The van der Waals surface area contributed by atoms with Crippen molar-refractivity contribution in [2.24, 2.45) is 0 Å². The highest BCUT2D eigenvalue weighted by Crippen LogP contribution is 2.32. The van der Waals surface area contributed by atoms with Crippen molar-refractivity contribution < 1.29 is 9.90 Å². The average Bonchev–Trinajstić information content (AvgIpc) is 2.82. The van der Waals surface area contributed by atoms with E-state index in [-0.39, 0.29) is 16.9 Å². The number of nitrogens with zero attached hydrogens (tertiary/aromatic N) is 3. The minimum absolute atomic E-state index is 0.0160. The van der Waals surface area contributed by atoms with Gasteiger partial charge in [0.2, 0.25) is 5.28 Å². The Kier molecular flexibility index (Phi) is 4.05. The summed E-state index contributed by atoms with van der Waals surface area (Å²) in [5, 5.41) is 10.2. The van der Waals surface area contributed by atoms with Crippen LogP contribution in [0, 0.1) is 6.92 Å². The molecule has 1 aromatic carbocycles. The molecule has 6 heteroatoms. The van der Waals surface area contributed by atoms with Crippen molar-refractivity contribution in [3.63, 3.8) is 0 Å². The number of rotatable bonds is 4. The van der Waals surface area contributed by atoms with E-state index in [1.165, 1.54) is 6.20 Å². The molecule has 0 fully saturated rings. The van der Waals surface area contributed by atoms with E-state index in [0.717, 1.165) is 12.0 Å². The Balaban J connectivity index is 2.34. The van der Waals surface area contributed by atoms with E-state index in [1.807, 2.05) is 34.9 Å². The number of halogens is 1. The van der Waals surface area contributed by atoms with E-state index in [9.17, 15) is 9.90 Å². The van der Waals surface area contributed by atoms with E-state index in [4.69, 9.17) is 11.6 Å². The van der Waals surface area contributed by atoms with Crippen molar-refractivity contribution in [1.29, 1.82) is 0 Å². The number of benzene rings is 1. The maximum atomic E-state index is 11.7. The molecule has 1 N–H and O–H groups in total. The highest BCUT2D eigenvalue weighted by Gasteiger charge is 2.25. The van der Waals surface area contributed by atoms with Crippen LogP contribution in [0.5, 0.6) is 0 Å². The molecule has 0 unspecified atom stereocenters. The molecule has 0 saturated heterocycles. The van der Waals surface area contributed by atoms with Crippen LogP contribution in [0.1, 0.15) is 41.0 Å². The topological polar surface area (TPSA) is 68.0 Å². The lowest BCUT2D eigenvalue weighted by molar-refractivity contribution is 0.0698. The van der Waals surface area contributed by atoms with E-state index in [0.29, 0.717) is 16.7 Å². The molecular weight excluding hydrogens is 314 g/mol. The number of hydrogen-bond acceptors (Lipinski definition) is 3. The van der Waals surface area contributed by atoms with E-state index < -0.39 is 5.97 Å². The molecule has 0 amide bonds. The van der Waals surface area contributed by atoms with Gasteiger partial charge in [0.15, 0.2) is 0 Å². The Morgan fingerprint density at radius 1 is 1.35 bits per heavy atom. The molecule has 0 bridgehead atoms. The van der Waals surface area contributed by atoms with Gasteiger partial charge >= 0.3 is 5.97 Å². The number of carboxylic acid groups (broad SMARTS) is 1. The van der Waals surface area contributed by atoms with Crippen molar-refractivity contribution in [1.82, 2.24) is 14.5 Å². The second kappa shape index (κ2) is 6.01. The molecule has 3 rings (SSSR count). The van der Waals surface area contributed by atoms with Crippen LogP contribution in [0.4, 0.5) is 0 Å². The predicted molar refractivity (Wildman–Crippen MR) is 89.1 cm³/mol. The van der Waals surface area contributed by atoms with Crippen LogP contribution < -0.4 is 0 Å². The van der Waals surface area contributed by atoms with Crippen molar-refractivity contribution in [2.75, 3.05) is 0 Å². The van der Waals surface area contributed by atoms with Gasteiger partial charge in [-0.1, -0.05) is 37.3 Å². The lowest BCUT2D eigenvalue weighted by Crippen LogP contribution is -2.12. The summed E-state index contributed by atoms with van der Waals surface area (Å²) in [7, 11) is 0. The molecule has 0 aliphatic rings. The maximum Gasteiger partial charge on any atom is 0.338 e. The minimum atomic E-state index is -0.986. The summed E-state index contributed by atoms with van der Waals surface area (Å²) in [6.45, 7) is 3.86. The minimum Gasteiger partial charge on any atom is -0.478 e. The first-order valence-corrected chi connectivity index (χ1v) is 7.73. The number of carbonyl (C=O) groups is 1. The van der Waals surface area contributed by atoms with Gasteiger partial charge in [-0.25, -0.2) is 9.78 Å². The molecule has 118 valence electrons. The Hall–Kier alpha value is -2.40. The van der Waals surface area contributed by atoms with Crippen LogP contribution in [-0.2, 0) is 0 Å². The van der Waals surface area contributed by atoms with Gasteiger partial charge in [-0.15, -0.1) is 0 Å². The lowest BCUT2D eigenvalue weighted by Gasteiger charge is -2.20. The summed E-state index contributed by atoms with van der Waals surface area (Å²) in [5.41, 5.74) is 2.53. The zero-order chi connectivity index (χ0) is 16.6. The SMILES string of the molecule is CC[C@H](c1ccccc1)n1c(C)c(C(=O)O)c2cnc(Cl)nc21. The maximum absolute atomic E-state index is 11.7. The van der Waals surface area contributed by atoms with Crippen molar-refractivity contribution in [3.8, 4) is 0 Å². The van der Waals surface area contributed by atoms with Crippen LogP contribution in [0.3, 0.4) is 0 Å². The molecule has 0 radical (unpaired) electrons. The largest absolute Gasteiger partial charge is 0.478 e. The van der Waals surface area contributed by atoms with Crippen LogP contribution in [0.25, 0.3) is 11.0 Å². The summed E-state index contributed by atoms with van der Waals surface area (Å²) < 4.78 is 1.95. The van der Waals surface area contributed by atoms with Gasteiger partial charge in [0.05, 0.1) is 17.0 Å². The van der Waals surface area contributed by atoms with Crippen LogP contribution in [0.15, 0.2) is 36.5 Å². The summed E-state index contributed by atoms with van der Waals surface area (Å²) in [5.74, 6) is -0.986. The standard InChI is InChI=1S/C17H16ClN3O2/c1-3-13(11-7-5-4-6-8-11)21-10(2)14(16(22)23)12-9-19-17(18)20-15(12)21/h4-9,13H,3H2,1-2H3,(H,22,23)/t13-/m1/s1. The fourth-order valence-electron chi connectivity index (χ4n) is 3.08. The van der Waals surface area contributed by atoms with Gasteiger partial charge in [-0.2, -0.15) is 4.98 Å². The predicted octanol–water partition coefficient (Wildman–Crippen LogP) is 4.09. The molecule has 2 aromatic heterocycles. The molecule has 0 aliphatic carbocycles. The third-order valence-corrected chi connectivity index (χ3v) is 4.24. The van der Waals surface area contributed by atoms with Gasteiger partial charge < -0.3 is 9.67 Å². The first-order chi connectivity index (χ1) is 11.0. The van der Waals surface area contributed by atoms with E-state index >= 15 is 0 Å². The van der Waals surface area contributed by atoms with Crippen LogP contribution in [-0.4, -0.2) is 25.6 Å². The summed E-state index contributed by atoms with van der Waals surface area (Å²) in [4.78, 5) is 19.9. The van der Waals surface area contributed by atoms with Crippen molar-refractivity contribution in [3.05, 3.63) is 58.6 Å². The molecule has 0 saturated carbocycles. The van der Waals surface area contributed by atoms with Gasteiger partial charge in [-0.3, -0.25) is 0 Å². The second-order valence-electron chi connectivity index (χ2n) is 5.35. The summed E-state index contributed by atoms with van der Waals surface area (Å²) in [6.07, 6.45) is 2.28. The third kappa shape index (κ3) is 2.57. The number of aromatic nitrogens is 3. The van der Waals surface area contributed by atoms with Crippen molar-refractivity contribution >= 4 is 28.6 Å². The zero-order valence-corrected chi connectivity index (χ0v) is 13.6. The Labute approximate surface area is 138 Å². The van der Waals surface area contributed by atoms with Crippen molar-refractivity contribution in [2.45, 2.75) is 26.3 Å². The molecular formula is C17H16ClN3O2. The number of fused-ring (bicyclic) bond motifs is 1. The van der Waals surface area contributed by atoms with E-state index in [2.05, 4.69) is 16.9 Å². The molecule has 1 atom stereocenters. The summed E-state index contributed by atoms with van der Waals surface area (Å²) >= 11 is 5.94. The molecule has 2 heterocycles. The molecule has 5 nitrogen and oxygen atoms in total. The fraction of sp³-hybridized carbons (Fsp3) is 0.235. The van der Waals surface area contributed by atoms with Crippen LogP contribution >= 0.6 is 11.6 Å². The second-order valence-corrected chi connectivity index (χ2v) is 5.68. The average molecular weight is 330 g/mol. The first kappa shape index (κ1) is 15.5. The quantitative estimate of drug-likeness (QED) is 0.732. The molecule has 3 aromatic rings. The molecule has 0 spiro atoms. The third-order valence-electron chi connectivity index (χ3n) is 4.06. The number of aromatic carboxylic acids is 1. The van der Waals surface area contributed by atoms with Crippen LogP contribution in [0.2, 0.25) is 5.28 Å². The Morgan fingerprint density at radius 3 is 2.65 bits per heavy atom. The first-order valence-electron chi connectivity index (χ1n) is 7.35. The van der Waals surface area contributed by atoms with Gasteiger partial charge in [0.1, 0.15) is 5.65 Å². The highest BCUT2D eigenvalue weighted by molar-refractivity contribution is 6.28. The Morgan fingerprint density at radius 2 is 2.04 bits per heavy atom. The normalized spacial score (nSPS) is 12.5. The van der Waals surface area contributed by atoms with Gasteiger partial charge in [0.25, 0.3) is 0 Å². The highest BCUT2D eigenvalue weighted by atomic mass is 35.5. The molecule has 0 aliphatic heterocycles. The van der Waals surface area contributed by atoms with Gasteiger partial charge in [-0.05, 0) is 30.5 Å². The smallest absolute Gasteiger partial charge is 0.338 e. The van der Waals surface area contributed by atoms with E-state index in [1.54, 1.807) is 6.92 Å². The lowest BCUT2D eigenvalue weighted by atomic mass is 10.0. The molecule has 23 heavy (non-hydrogen) atoms. The Bertz CT molecular complexity index is 874. The number of hydrogen-bond donors (Lipinski definition) is 1. The monoisotopic (exact) mass is 329 g/mol. The zero-order valence-electron chi connectivity index (χ0n) is 12.8.